The lowest BCUT2D eigenvalue weighted by atomic mass is 9.75. The Morgan fingerprint density at radius 3 is 2.74 bits per heavy atom. The predicted molar refractivity (Wildman–Crippen MR) is 85.6 cm³/mol. The Hall–Kier alpha value is -2.93. The molecule has 4 nitrogen and oxygen atoms in total. The summed E-state index contributed by atoms with van der Waals surface area (Å²) < 4.78 is 2.19. The largest absolute Gasteiger partial charge is 0.347 e. The minimum absolute atomic E-state index is 0.0490. The van der Waals surface area contributed by atoms with Crippen LogP contribution in [0.3, 0.4) is 0 Å². The van der Waals surface area contributed by atoms with Crippen molar-refractivity contribution in [2.24, 2.45) is 0 Å². The summed E-state index contributed by atoms with van der Waals surface area (Å²) in [6.07, 6.45) is 3.45. The maximum Gasteiger partial charge on any atom is 0.244 e. The number of nitriles is 1. The van der Waals surface area contributed by atoms with Gasteiger partial charge in [-0.1, -0.05) is 26.0 Å². The van der Waals surface area contributed by atoms with Crippen molar-refractivity contribution in [1.29, 1.82) is 5.26 Å². The first-order valence-electron chi connectivity index (χ1n) is 7.48. The van der Waals surface area contributed by atoms with Gasteiger partial charge < -0.3 is 4.57 Å². The van der Waals surface area contributed by atoms with Crippen molar-refractivity contribution in [3.63, 3.8) is 0 Å². The summed E-state index contributed by atoms with van der Waals surface area (Å²) in [5.41, 5.74) is 2.94. The fourth-order valence-electron chi connectivity index (χ4n) is 3.78. The highest BCUT2D eigenvalue weighted by molar-refractivity contribution is 6.62. The lowest BCUT2D eigenvalue weighted by molar-refractivity contribution is -0.129. The lowest BCUT2D eigenvalue weighted by Gasteiger charge is -2.35. The second-order valence-electron chi connectivity index (χ2n) is 6.68. The van der Waals surface area contributed by atoms with E-state index in [2.05, 4.69) is 18.4 Å². The van der Waals surface area contributed by atoms with E-state index in [1.807, 2.05) is 30.5 Å². The Balaban J connectivity index is 2.24. The highest BCUT2D eigenvalue weighted by Crippen LogP contribution is 2.37. The molecule has 23 heavy (non-hydrogen) atoms. The van der Waals surface area contributed by atoms with Crippen LogP contribution in [0, 0.1) is 11.3 Å². The number of nitrogens with zero attached hydrogens (tertiary/aromatic N) is 2. The van der Waals surface area contributed by atoms with Crippen molar-refractivity contribution in [1.82, 2.24) is 4.57 Å². The summed E-state index contributed by atoms with van der Waals surface area (Å²) >= 11 is 0. The molecule has 0 fully saturated rings. The smallest absolute Gasteiger partial charge is 0.244 e. The van der Waals surface area contributed by atoms with Crippen molar-refractivity contribution in [2.45, 2.75) is 25.8 Å². The van der Waals surface area contributed by atoms with Crippen LogP contribution in [-0.2, 0) is 21.5 Å². The highest BCUT2D eigenvalue weighted by atomic mass is 16.2. The van der Waals surface area contributed by atoms with Crippen LogP contribution in [-0.4, -0.2) is 16.1 Å². The topological polar surface area (TPSA) is 62.9 Å². The van der Waals surface area contributed by atoms with Gasteiger partial charge in [-0.05, 0) is 29.0 Å². The Bertz CT molecular complexity index is 1060. The summed E-state index contributed by atoms with van der Waals surface area (Å²) in [4.78, 5) is 24.0. The molecule has 0 N–H and O–H groups in total. The Morgan fingerprint density at radius 1 is 1.22 bits per heavy atom. The van der Waals surface area contributed by atoms with Gasteiger partial charge in [0.1, 0.15) is 11.6 Å². The SMILES string of the molecule is CC1(C)Cn2cccc2-c2ccc3c(c21)=CC(=O)C(=O)C=3C#N. The molecule has 0 saturated heterocycles. The average molecular weight is 302 g/mol. The van der Waals surface area contributed by atoms with E-state index in [0.29, 0.717) is 5.22 Å². The number of ketones is 2. The lowest BCUT2D eigenvalue weighted by Crippen LogP contribution is -2.45. The van der Waals surface area contributed by atoms with E-state index < -0.39 is 11.6 Å². The Kier molecular flexibility index (Phi) is 2.56. The number of carbonyl (C=O) groups is 2. The zero-order valence-corrected chi connectivity index (χ0v) is 12.9. The molecule has 2 aromatic rings. The molecule has 0 unspecified atom stereocenters. The summed E-state index contributed by atoms with van der Waals surface area (Å²) in [5.74, 6) is -1.32. The molecule has 2 aliphatic rings. The van der Waals surface area contributed by atoms with Gasteiger partial charge in [0.25, 0.3) is 0 Å². The van der Waals surface area contributed by atoms with Gasteiger partial charge in [-0.25, -0.2) is 0 Å². The van der Waals surface area contributed by atoms with Crippen LogP contribution >= 0.6 is 0 Å². The van der Waals surface area contributed by atoms with Crippen LogP contribution in [0.15, 0.2) is 30.5 Å². The maximum atomic E-state index is 12.0. The summed E-state index contributed by atoms with van der Waals surface area (Å²) in [6, 6.07) is 9.70. The first kappa shape index (κ1) is 13.7. The molecule has 1 aromatic carbocycles. The third kappa shape index (κ3) is 1.71. The van der Waals surface area contributed by atoms with E-state index in [-0.39, 0.29) is 11.0 Å². The Labute approximate surface area is 133 Å². The zero-order valence-electron chi connectivity index (χ0n) is 12.9. The number of hydrogen-bond donors (Lipinski definition) is 0. The summed E-state index contributed by atoms with van der Waals surface area (Å²) in [6.45, 7) is 5.03. The van der Waals surface area contributed by atoms with E-state index in [9.17, 15) is 14.9 Å². The predicted octanol–water partition coefficient (Wildman–Crippen LogP) is 1.05. The van der Waals surface area contributed by atoms with Gasteiger partial charge in [0.2, 0.25) is 11.6 Å². The van der Waals surface area contributed by atoms with Crippen molar-refractivity contribution in [2.75, 3.05) is 0 Å². The van der Waals surface area contributed by atoms with E-state index in [0.717, 1.165) is 28.6 Å². The molecule has 4 heteroatoms. The average Bonchev–Trinajstić information content (AvgIpc) is 2.95. The minimum atomic E-state index is -0.711. The molecule has 2 heterocycles. The number of aromatic nitrogens is 1. The van der Waals surface area contributed by atoms with E-state index in [1.54, 1.807) is 6.07 Å². The molecule has 112 valence electrons. The van der Waals surface area contributed by atoms with Gasteiger partial charge in [-0.2, -0.15) is 5.26 Å². The molecule has 1 aliphatic heterocycles. The van der Waals surface area contributed by atoms with Crippen LogP contribution in [0.1, 0.15) is 19.4 Å². The number of benzene rings is 1. The summed E-state index contributed by atoms with van der Waals surface area (Å²) in [5, 5.41) is 10.6. The van der Waals surface area contributed by atoms with Gasteiger partial charge >= 0.3 is 0 Å². The minimum Gasteiger partial charge on any atom is -0.347 e. The second kappa shape index (κ2) is 4.30. The van der Waals surface area contributed by atoms with Gasteiger partial charge in [0.15, 0.2) is 0 Å². The molecule has 1 aliphatic carbocycles. The van der Waals surface area contributed by atoms with Crippen LogP contribution in [0.5, 0.6) is 0 Å². The molecule has 4 rings (SSSR count). The van der Waals surface area contributed by atoms with Crippen LogP contribution in [0.25, 0.3) is 22.9 Å². The standard InChI is InChI=1S/C19H14N2O2/c1-19(2)10-21-7-3-4-15(21)12-6-5-11-13(17(12)19)8-16(22)18(23)14(11)9-20/h3-8H,10H2,1-2H3. The van der Waals surface area contributed by atoms with E-state index in [1.165, 1.54) is 6.08 Å². The molecule has 0 atom stereocenters. The quantitative estimate of drug-likeness (QED) is 0.683. The number of fused-ring (bicyclic) bond motifs is 5. The molecule has 0 radical (unpaired) electrons. The van der Waals surface area contributed by atoms with Crippen LogP contribution in [0.2, 0.25) is 0 Å². The first-order valence-corrected chi connectivity index (χ1v) is 7.48. The van der Waals surface area contributed by atoms with Gasteiger partial charge in [0.05, 0.1) is 0 Å². The van der Waals surface area contributed by atoms with Gasteiger partial charge in [-0.3, -0.25) is 9.59 Å². The number of hydrogen-bond acceptors (Lipinski definition) is 3. The van der Waals surface area contributed by atoms with E-state index in [4.69, 9.17) is 0 Å². The highest BCUT2D eigenvalue weighted by Gasteiger charge is 2.34. The van der Waals surface area contributed by atoms with Crippen molar-refractivity contribution in [3.05, 3.63) is 46.5 Å². The van der Waals surface area contributed by atoms with Crippen molar-refractivity contribution >= 4 is 23.2 Å². The zero-order chi connectivity index (χ0) is 16.4. The second-order valence-corrected chi connectivity index (χ2v) is 6.68. The number of carbonyl (C=O) groups excluding carboxylic acids is 2. The van der Waals surface area contributed by atoms with Gasteiger partial charge in [0, 0.05) is 34.6 Å². The number of rotatable bonds is 0. The normalized spacial score (nSPS) is 17.7. The van der Waals surface area contributed by atoms with Crippen molar-refractivity contribution < 1.29 is 9.59 Å². The molecular formula is C19H14N2O2. The first-order chi connectivity index (χ1) is 10.9. The monoisotopic (exact) mass is 302 g/mol. The fourth-order valence-corrected chi connectivity index (χ4v) is 3.78. The number of Topliss-reactive ketones (excluding diaryl/α,β-unsaturated/α-hetero) is 2. The maximum absolute atomic E-state index is 12.0. The van der Waals surface area contributed by atoms with Crippen LogP contribution in [0.4, 0.5) is 0 Å². The molecule has 0 saturated carbocycles. The molecular weight excluding hydrogens is 288 g/mol. The fraction of sp³-hybridized carbons (Fsp3) is 0.211. The third-order valence-electron chi connectivity index (χ3n) is 4.70. The Morgan fingerprint density at radius 2 is 2.00 bits per heavy atom. The molecule has 0 bridgehead atoms. The molecule has 0 spiro atoms. The molecule has 0 amide bonds. The summed E-state index contributed by atoms with van der Waals surface area (Å²) in [7, 11) is 0. The van der Waals surface area contributed by atoms with E-state index >= 15 is 0 Å². The van der Waals surface area contributed by atoms with Crippen LogP contribution < -0.4 is 10.4 Å². The third-order valence-corrected chi connectivity index (χ3v) is 4.70. The molecule has 1 aromatic heterocycles. The van der Waals surface area contributed by atoms with Crippen molar-refractivity contribution in [3.8, 4) is 17.3 Å². The van der Waals surface area contributed by atoms with Gasteiger partial charge in [-0.15, -0.1) is 0 Å².